The summed E-state index contributed by atoms with van der Waals surface area (Å²) < 4.78 is 5.36. The monoisotopic (exact) mass is 266 g/mol. The minimum absolute atomic E-state index is 0.00447. The third-order valence-electron chi connectivity index (χ3n) is 2.34. The molecule has 3 N–H and O–H groups in total. The highest BCUT2D eigenvalue weighted by Gasteiger charge is 2.03. The van der Waals surface area contributed by atoms with E-state index in [1.54, 1.807) is 24.3 Å². The number of benzene rings is 1. The molecule has 4 nitrogen and oxygen atoms in total. The van der Waals surface area contributed by atoms with Gasteiger partial charge >= 0.3 is 0 Å². The molecule has 5 heteroatoms. The van der Waals surface area contributed by atoms with Crippen molar-refractivity contribution < 1.29 is 9.53 Å². The molecule has 0 unspecified atom stereocenters. The summed E-state index contributed by atoms with van der Waals surface area (Å²) >= 11 is 4.87. The van der Waals surface area contributed by atoms with Crippen molar-refractivity contribution in [1.29, 1.82) is 0 Å². The first-order valence-electron chi connectivity index (χ1n) is 5.93. The maximum absolute atomic E-state index is 11.4. The van der Waals surface area contributed by atoms with Crippen LogP contribution in [0.1, 0.15) is 25.3 Å². The van der Waals surface area contributed by atoms with Crippen molar-refractivity contribution in [1.82, 2.24) is 5.32 Å². The van der Waals surface area contributed by atoms with Gasteiger partial charge in [0.1, 0.15) is 10.7 Å². The lowest BCUT2D eigenvalue weighted by molar-refractivity contribution is -0.123. The zero-order valence-corrected chi connectivity index (χ0v) is 11.3. The number of carbonyl (C=O) groups is 1. The molecule has 0 aliphatic carbocycles. The highest BCUT2D eigenvalue weighted by molar-refractivity contribution is 7.80. The predicted octanol–water partition coefficient (Wildman–Crippen LogP) is 1.62. The zero-order chi connectivity index (χ0) is 13.4. The summed E-state index contributed by atoms with van der Waals surface area (Å²) in [6.45, 7) is 2.76. The Kier molecular flexibility index (Phi) is 6.14. The van der Waals surface area contributed by atoms with Gasteiger partial charge in [-0.05, 0) is 18.6 Å². The first-order valence-corrected chi connectivity index (χ1v) is 6.33. The number of carbonyl (C=O) groups excluding carboxylic acids is 1. The van der Waals surface area contributed by atoms with Gasteiger partial charge in [0, 0.05) is 12.1 Å². The van der Waals surface area contributed by atoms with Gasteiger partial charge in [-0.2, -0.15) is 0 Å². The SMILES string of the molecule is CCCCNC(=O)COc1cccc(C(N)=S)c1. The number of nitrogens with two attached hydrogens (primary N) is 1. The van der Waals surface area contributed by atoms with E-state index >= 15 is 0 Å². The van der Waals surface area contributed by atoms with Gasteiger partial charge in [-0.1, -0.05) is 37.7 Å². The molecule has 0 aliphatic heterocycles. The molecule has 1 rings (SSSR count). The number of unbranched alkanes of at least 4 members (excludes halogenated alkanes) is 1. The molecule has 0 saturated carbocycles. The van der Waals surface area contributed by atoms with Crippen molar-refractivity contribution in [2.24, 2.45) is 5.73 Å². The second-order valence-electron chi connectivity index (χ2n) is 3.88. The van der Waals surface area contributed by atoms with Gasteiger partial charge in [0.05, 0.1) is 0 Å². The van der Waals surface area contributed by atoms with Crippen molar-refractivity contribution in [3.8, 4) is 5.75 Å². The first kappa shape index (κ1) is 14.4. The Morgan fingerprint density at radius 3 is 2.94 bits per heavy atom. The number of nitrogens with one attached hydrogen (secondary N) is 1. The van der Waals surface area contributed by atoms with Crippen LogP contribution in [0.5, 0.6) is 5.75 Å². The second-order valence-corrected chi connectivity index (χ2v) is 4.32. The third-order valence-corrected chi connectivity index (χ3v) is 2.58. The molecule has 1 amide bonds. The standard InChI is InChI=1S/C13H18N2O2S/c1-2-3-7-15-12(16)9-17-11-6-4-5-10(8-11)13(14)18/h4-6,8H,2-3,7,9H2,1H3,(H2,14,18)(H,15,16). The fourth-order valence-corrected chi connectivity index (χ4v) is 1.47. The van der Waals surface area contributed by atoms with Gasteiger partial charge in [0.15, 0.2) is 6.61 Å². The number of rotatable bonds is 7. The van der Waals surface area contributed by atoms with Crippen LogP contribution in [0.15, 0.2) is 24.3 Å². The quantitative estimate of drug-likeness (QED) is 0.581. The smallest absolute Gasteiger partial charge is 0.257 e. The van der Waals surface area contributed by atoms with Gasteiger partial charge < -0.3 is 15.8 Å². The average Bonchev–Trinajstić information content (AvgIpc) is 2.37. The van der Waals surface area contributed by atoms with Crippen LogP contribution in [0.2, 0.25) is 0 Å². The molecule has 0 bridgehead atoms. The maximum Gasteiger partial charge on any atom is 0.257 e. The lowest BCUT2D eigenvalue weighted by Crippen LogP contribution is -2.29. The molecule has 0 atom stereocenters. The number of hydrogen-bond donors (Lipinski definition) is 2. The molecular weight excluding hydrogens is 248 g/mol. The predicted molar refractivity (Wildman–Crippen MR) is 75.7 cm³/mol. The Bertz CT molecular complexity index is 421. The molecular formula is C13H18N2O2S. The number of amides is 1. The van der Waals surface area contributed by atoms with Gasteiger partial charge in [0.25, 0.3) is 5.91 Å². The van der Waals surface area contributed by atoms with Crippen molar-refractivity contribution in [3.63, 3.8) is 0 Å². The topological polar surface area (TPSA) is 64.3 Å². The Hall–Kier alpha value is -1.62. The fraction of sp³-hybridized carbons (Fsp3) is 0.385. The average molecular weight is 266 g/mol. The second kappa shape index (κ2) is 7.66. The molecule has 18 heavy (non-hydrogen) atoms. The van der Waals surface area contributed by atoms with Crippen LogP contribution < -0.4 is 15.8 Å². The van der Waals surface area contributed by atoms with Gasteiger partial charge in [0.2, 0.25) is 0 Å². The van der Waals surface area contributed by atoms with Crippen LogP contribution in [0, 0.1) is 0 Å². The largest absolute Gasteiger partial charge is 0.484 e. The molecule has 98 valence electrons. The van der Waals surface area contributed by atoms with E-state index < -0.39 is 0 Å². The maximum atomic E-state index is 11.4. The number of ether oxygens (including phenoxy) is 1. The van der Waals surface area contributed by atoms with E-state index in [1.165, 1.54) is 0 Å². The summed E-state index contributed by atoms with van der Waals surface area (Å²) in [6.07, 6.45) is 2.03. The molecule has 0 spiro atoms. The highest BCUT2D eigenvalue weighted by atomic mass is 32.1. The van der Waals surface area contributed by atoms with Crippen molar-refractivity contribution >= 4 is 23.1 Å². The van der Waals surface area contributed by atoms with E-state index in [4.69, 9.17) is 22.7 Å². The lowest BCUT2D eigenvalue weighted by Gasteiger charge is -2.08. The van der Waals surface area contributed by atoms with Crippen molar-refractivity contribution in [2.45, 2.75) is 19.8 Å². The Balaban J connectivity index is 2.41. The molecule has 0 heterocycles. The van der Waals surface area contributed by atoms with Crippen LogP contribution in [-0.2, 0) is 4.79 Å². The Morgan fingerprint density at radius 2 is 2.28 bits per heavy atom. The minimum Gasteiger partial charge on any atom is -0.484 e. The molecule has 0 radical (unpaired) electrons. The zero-order valence-electron chi connectivity index (χ0n) is 10.4. The first-order chi connectivity index (χ1) is 8.63. The lowest BCUT2D eigenvalue weighted by atomic mass is 10.2. The summed E-state index contributed by atoms with van der Waals surface area (Å²) in [5.74, 6) is 0.468. The molecule has 0 aromatic heterocycles. The minimum atomic E-state index is -0.121. The molecule has 1 aromatic rings. The fourth-order valence-electron chi connectivity index (χ4n) is 1.34. The molecule has 0 saturated heterocycles. The highest BCUT2D eigenvalue weighted by Crippen LogP contribution is 2.12. The molecule has 1 aromatic carbocycles. The van der Waals surface area contributed by atoms with Gasteiger partial charge in [-0.25, -0.2) is 0 Å². The van der Waals surface area contributed by atoms with E-state index in [1.807, 2.05) is 0 Å². The van der Waals surface area contributed by atoms with Gasteiger partial charge in [-0.15, -0.1) is 0 Å². The molecule has 0 aliphatic rings. The van der Waals surface area contributed by atoms with E-state index in [0.717, 1.165) is 18.4 Å². The van der Waals surface area contributed by atoms with Crippen molar-refractivity contribution in [3.05, 3.63) is 29.8 Å². The summed E-state index contributed by atoms with van der Waals surface area (Å²) in [6, 6.07) is 7.08. The number of hydrogen-bond acceptors (Lipinski definition) is 3. The Morgan fingerprint density at radius 1 is 1.50 bits per heavy atom. The van der Waals surface area contributed by atoms with E-state index in [0.29, 0.717) is 17.3 Å². The summed E-state index contributed by atoms with van der Waals surface area (Å²) in [5.41, 5.74) is 6.25. The summed E-state index contributed by atoms with van der Waals surface area (Å²) in [4.78, 5) is 11.7. The summed E-state index contributed by atoms with van der Waals surface area (Å²) in [5, 5.41) is 2.78. The van der Waals surface area contributed by atoms with Crippen LogP contribution in [-0.4, -0.2) is 24.0 Å². The van der Waals surface area contributed by atoms with Crippen LogP contribution in [0.4, 0.5) is 0 Å². The van der Waals surface area contributed by atoms with E-state index in [-0.39, 0.29) is 12.5 Å². The normalized spacial score (nSPS) is 9.83. The van der Waals surface area contributed by atoms with Gasteiger partial charge in [-0.3, -0.25) is 4.79 Å². The Labute approximate surface area is 113 Å². The number of thiocarbonyl (C=S) groups is 1. The third kappa shape index (κ3) is 5.14. The summed E-state index contributed by atoms with van der Waals surface area (Å²) in [7, 11) is 0. The van der Waals surface area contributed by atoms with E-state index in [9.17, 15) is 4.79 Å². The molecule has 0 fully saturated rings. The van der Waals surface area contributed by atoms with Crippen LogP contribution in [0.25, 0.3) is 0 Å². The van der Waals surface area contributed by atoms with E-state index in [2.05, 4.69) is 12.2 Å². The van der Waals surface area contributed by atoms with Crippen molar-refractivity contribution in [2.75, 3.05) is 13.2 Å². The van der Waals surface area contributed by atoms with Crippen LogP contribution in [0.3, 0.4) is 0 Å². The van der Waals surface area contributed by atoms with Crippen LogP contribution >= 0.6 is 12.2 Å².